The zero-order valence-corrected chi connectivity index (χ0v) is 16.5. The third-order valence-electron chi connectivity index (χ3n) is 5.25. The van der Waals surface area contributed by atoms with E-state index in [4.69, 9.17) is 4.98 Å². The molecule has 0 bridgehead atoms. The molecule has 5 rings (SSSR count). The van der Waals surface area contributed by atoms with Crippen LogP contribution in [0.2, 0.25) is 0 Å². The number of hydrogen-bond donors (Lipinski definition) is 1. The molecule has 0 atom stereocenters. The van der Waals surface area contributed by atoms with Gasteiger partial charge in [0.2, 0.25) is 5.91 Å². The predicted octanol–water partition coefficient (Wildman–Crippen LogP) is 3.73. The zero-order valence-electron chi connectivity index (χ0n) is 15.7. The maximum Gasteiger partial charge on any atom is 0.227 e. The normalized spacial score (nSPS) is 15.0. The van der Waals surface area contributed by atoms with Gasteiger partial charge >= 0.3 is 0 Å². The third kappa shape index (κ3) is 3.71. The van der Waals surface area contributed by atoms with E-state index in [0.29, 0.717) is 0 Å². The van der Waals surface area contributed by atoms with Gasteiger partial charge in [0.1, 0.15) is 12.7 Å². The number of benzene rings is 2. The van der Waals surface area contributed by atoms with Crippen LogP contribution in [0.25, 0.3) is 15.9 Å². The zero-order chi connectivity index (χ0) is 19.6. The first-order valence-electron chi connectivity index (χ1n) is 9.63. The van der Waals surface area contributed by atoms with E-state index in [1.165, 1.54) is 4.70 Å². The number of hydrogen-bond acceptors (Lipinski definition) is 6. The summed E-state index contributed by atoms with van der Waals surface area (Å²) in [7, 11) is 0. The van der Waals surface area contributed by atoms with Gasteiger partial charge in [-0.25, -0.2) is 4.98 Å². The average Bonchev–Trinajstić information content (AvgIpc) is 3.44. The Morgan fingerprint density at radius 1 is 1.03 bits per heavy atom. The second kappa shape index (κ2) is 7.63. The molecule has 0 aliphatic carbocycles. The maximum atomic E-state index is 12.8. The molecule has 1 aliphatic rings. The van der Waals surface area contributed by atoms with Crippen molar-refractivity contribution in [2.75, 3.05) is 23.3 Å². The summed E-state index contributed by atoms with van der Waals surface area (Å²) in [5.41, 5.74) is 2.74. The molecule has 7 nitrogen and oxygen atoms in total. The van der Waals surface area contributed by atoms with Gasteiger partial charge in [0.05, 0.1) is 15.9 Å². The summed E-state index contributed by atoms with van der Waals surface area (Å²) in [5.74, 6) is 0.0917. The number of thiazole rings is 1. The third-order valence-corrected chi connectivity index (χ3v) is 6.35. The number of carbonyl (C=O) groups excluding carboxylic acids is 1. The van der Waals surface area contributed by atoms with Gasteiger partial charge in [-0.05, 0) is 43.2 Å². The number of amides is 1. The van der Waals surface area contributed by atoms with Gasteiger partial charge in [-0.15, -0.1) is 10.2 Å². The smallest absolute Gasteiger partial charge is 0.227 e. The van der Waals surface area contributed by atoms with E-state index >= 15 is 0 Å². The van der Waals surface area contributed by atoms with Crippen molar-refractivity contribution in [1.82, 2.24) is 19.7 Å². The lowest BCUT2D eigenvalue weighted by Crippen LogP contribution is -2.38. The number of para-hydroxylation sites is 1. The van der Waals surface area contributed by atoms with Crippen LogP contribution < -0.4 is 10.2 Å². The van der Waals surface area contributed by atoms with Gasteiger partial charge in [0, 0.05) is 24.7 Å². The highest BCUT2D eigenvalue weighted by Crippen LogP contribution is 2.31. The summed E-state index contributed by atoms with van der Waals surface area (Å²) in [6.07, 6.45) is 4.93. The summed E-state index contributed by atoms with van der Waals surface area (Å²) in [6.45, 7) is 1.69. The number of aromatic nitrogens is 4. The summed E-state index contributed by atoms with van der Waals surface area (Å²) >= 11 is 1.72. The number of carbonyl (C=O) groups is 1. The number of anilines is 2. The number of piperidine rings is 1. The molecule has 4 aromatic rings. The van der Waals surface area contributed by atoms with Crippen LogP contribution in [0.15, 0.2) is 61.2 Å². The molecule has 2 aromatic heterocycles. The standard InChI is InChI=1S/C21H20N6OS/c28-20(24-16-4-3-5-17(12-16)27-13-22-23-14-27)15-8-10-26(11-9-15)21-25-18-6-1-2-7-19(18)29-21/h1-7,12-15H,8-11H2,(H,24,28). The van der Waals surface area contributed by atoms with E-state index in [1.54, 1.807) is 24.0 Å². The Morgan fingerprint density at radius 3 is 2.62 bits per heavy atom. The van der Waals surface area contributed by atoms with Gasteiger partial charge < -0.3 is 10.2 Å². The Labute approximate surface area is 172 Å². The van der Waals surface area contributed by atoms with Crippen LogP contribution in [0.4, 0.5) is 10.8 Å². The summed E-state index contributed by atoms with van der Waals surface area (Å²) in [5, 5.41) is 11.8. The van der Waals surface area contributed by atoms with E-state index in [9.17, 15) is 4.79 Å². The highest BCUT2D eigenvalue weighted by Gasteiger charge is 2.26. The molecule has 0 spiro atoms. The van der Waals surface area contributed by atoms with Crippen LogP contribution in [-0.4, -0.2) is 38.7 Å². The molecule has 146 valence electrons. The fraction of sp³-hybridized carbons (Fsp3) is 0.238. The number of nitrogens with zero attached hydrogens (tertiary/aromatic N) is 5. The molecule has 1 fully saturated rings. The summed E-state index contributed by atoms with van der Waals surface area (Å²) in [4.78, 5) is 19.8. The van der Waals surface area contributed by atoms with Gasteiger partial charge in [-0.2, -0.15) is 0 Å². The highest BCUT2D eigenvalue weighted by molar-refractivity contribution is 7.22. The van der Waals surface area contributed by atoms with E-state index in [2.05, 4.69) is 26.5 Å². The molecule has 29 heavy (non-hydrogen) atoms. The first-order chi connectivity index (χ1) is 14.3. The minimum atomic E-state index is 0.0131. The van der Waals surface area contributed by atoms with Crippen molar-refractivity contribution in [2.45, 2.75) is 12.8 Å². The highest BCUT2D eigenvalue weighted by atomic mass is 32.1. The first kappa shape index (κ1) is 17.8. The minimum absolute atomic E-state index is 0.0131. The van der Waals surface area contributed by atoms with E-state index in [0.717, 1.165) is 48.0 Å². The Bertz CT molecular complexity index is 1100. The maximum absolute atomic E-state index is 12.8. The van der Waals surface area contributed by atoms with E-state index in [1.807, 2.05) is 47.0 Å². The fourth-order valence-electron chi connectivity index (χ4n) is 3.65. The number of rotatable bonds is 4. The van der Waals surface area contributed by atoms with Crippen molar-refractivity contribution in [3.63, 3.8) is 0 Å². The van der Waals surface area contributed by atoms with Crippen molar-refractivity contribution >= 4 is 38.3 Å². The molecule has 8 heteroatoms. The largest absolute Gasteiger partial charge is 0.348 e. The van der Waals surface area contributed by atoms with Crippen LogP contribution >= 0.6 is 11.3 Å². The molecular weight excluding hydrogens is 384 g/mol. The van der Waals surface area contributed by atoms with Crippen molar-refractivity contribution in [1.29, 1.82) is 0 Å². The monoisotopic (exact) mass is 404 g/mol. The molecule has 0 unspecified atom stereocenters. The predicted molar refractivity (Wildman–Crippen MR) is 115 cm³/mol. The molecule has 1 amide bonds. The second-order valence-electron chi connectivity index (χ2n) is 7.13. The van der Waals surface area contributed by atoms with Crippen molar-refractivity contribution in [3.8, 4) is 5.69 Å². The summed E-state index contributed by atoms with van der Waals surface area (Å²) < 4.78 is 3.02. The lowest BCUT2D eigenvalue weighted by Gasteiger charge is -2.31. The average molecular weight is 404 g/mol. The van der Waals surface area contributed by atoms with Crippen molar-refractivity contribution in [3.05, 3.63) is 61.2 Å². The van der Waals surface area contributed by atoms with Gasteiger partial charge in [0.25, 0.3) is 0 Å². The Kier molecular flexibility index (Phi) is 4.69. The van der Waals surface area contributed by atoms with Crippen LogP contribution in [0.3, 0.4) is 0 Å². The van der Waals surface area contributed by atoms with Crippen molar-refractivity contribution in [2.24, 2.45) is 5.92 Å². The number of fused-ring (bicyclic) bond motifs is 1. The van der Waals surface area contributed by atoms with E-state index in [-0.39, 0.29) is 11.8 Å². The molecule has 1 saturated heterocycles. The second-order valence-corrected chi connectivity index (χ2v) is 8.14. The molecule has 0 radical (unpaired) electrons. The Morgan fingerprint density at radius 2 is 1.83 bits per heavy atom. The topological polar surface area (TPSA) is 75.9 Å². The summed E-state index contributed by atoms with van der Waals surface area (Å²) in [6, 6.07) is 15.9. The molecular formula is C21H20N6OS. The molecule has 1 aliphatic heterocycles. The van der Waals surface area contributed by atoms with Gasteiger partial charge in [-0.1, -0.05) is 29.5 Å². The van der Waals surface area contributed by atoms with Crippen LogP contribution in [0.1, 0.15) is 12.8 Å². The Balaban J connectivity index is 1.22. The van der Waals surface area contributed by atoms with Crippen molar-refractivity contribution < 1.29 is 4.79 Å². The van der Waals surface area contributed by atoms with Crippen LogP contribution in [0, 0.1) is 5.92 Å². The number of nitrogens with one attached hydrogen (secondary N) is 1. The molecule has 1 N–H and O–H groups in total. The quantitative estimate of drug-likeness (QED) is 0.561. The fourth-order valence-corrected chi connectivity index (χ4v) is 4.67. The lowest BCUT2D eigenvalue weighted by molar-refractivity contribution is -0.120. The molecule has 3 heterocycles. The minimum Gasteiger partial charge on any atom is -0.348 e. The van der Waals surface area contributed by atoms with Crippen LogP contribution in [-0.2, 0) is 4.79 Å². The molecule has 2 aromatic carbocycles. The van der Waals surface area contributed by atoms with Gasteiger partial charge in [0.15, 0.2) is 5.13 Å². The molecule has 0 saturated carbocycles. The van der Waals surface area contributed by atoms with E-state index < -0.39 is 0 Å². The lowest BCUT2D eigenvalue weighted by atomic mass is 9.96. The SMILES string of the molecule is O=C(Nc1cccc(-n2cnnc2)c1)C1CCN(c2nc3ccccc3s2)CC1. The van der Waals surface area contributed by atoms with Gasteiger partial charge in [-0.3, -0.25) is 9.36 Å². The Hall–Kier alpha value is -3.26. The first-order valence-corrected chi connectivity index (χ1v) is 10.4. The van der Waals surface area contributed by atoms with Crippen LogP contribution in [0.5, 0.6) is 0 Å².